The highest BCUT2D eigenvalue weighted by atomic mass is 32.2. The molecule has 0 spiro atoms. The summed E-state index contributed by atoms with van der Waals surface area (Å²) in [5, 5.41) is 17.5. The zero-order chi connectivity index (χ0) is 12.2. The molecule has 0 aliphatic heterocycles. The molecular weight excluding hydrogens is 237 g/mol. The van der Waals surface area contributed by atoms with E-state index in [-0.39, 0.29) is 4.90 Å². The van der Waals surface area contributed by atoms with E-state index in [4.69, 9.17) is 10.2 Å². The van der Waals surface area contributed by atoms with Crippen LogP contribution in [-0.2, 0) is 10.0 Å². The first-order valence-electron chi connectivity index (χ1n) is 4.49. The summed E-state index contributed by atoms with van der Waals surface area (Å²) in [5.74, 6) is -0.674. The molecule has 0 aliphatic carbocycles. The van der Waals surface area contributed by atoms with Gasteiger partial charge in [-0.2, -0.15) is 0 Å². The maximum absolute atomic E-state index is 12.8. The van der Waals surface area contributed by atoms with Gasteiger partial charge in [-0.15, -0.1) is 0 Å². The lowest BCUT2D eigenvalue weighted by molar-refractivity contribution is 0.185. The lowest BCUT2D eigenvalue weighted by Gasteiger charge is -2.13. The van der Waals surface area contributed by atoms with Gasteiger partial charge in [0.1, 0.15) is 5.82 Å². The number of hydrogen-bond acceptors (Lipinski definition) is 4. The Morgan fingerprint density at radius 3 is 2.44 bits per heavy atom. The predicted molar refractivity (Wildman–Crippen MR) is 54.7 cm³/mol. The lowest BCUT2D eigenvalue weighted by Crippen LogP contribution is -2.40. The molecule has 0 saturated carbocycles. The van der Waals surface area contributed by atoms with Crippen LogP contribution in [0.4, 0.5) is 4.39 Å². The summed E-state index contributed by atoms with van der Waals surface area (Å²) in [4.78, 5) is -0.251. The average molecular weight is 249 g/mol. The molecule has 0 aromatic heterocycles. The Morgan fingerprint density at radius 1 is 1.31 bits per heavy atom. The highest BCUT2D eigenvalue weighted by molar-refractivity contribution is 7.89. The smallest absolute Gasteiger partial charge is 0.241 e. The maximum Gasteiger partial charge on any atom is 0.241 e. The minimum absolute atomic E-state index is 0.251. The summed E-state index contributed by atoms with van der Waals surface area (Å²) in [5.41, 5.74) is 0. The first kappa shape index (κ1) is 13.0. The summed E-state index contributed by atoms with van der Waals surface area (Å²) in [6, 6.07) is 3.46. The summed E-state index contributed by atoms with van der Waals surface area (Å²) in [6.07, 6.45) is 0. The van der Waals surface area contributed by atoms with E-state index in [1.54, 1.807) is 0 Å². The molecule has 0 radical (unpaired) electrons. The molecule has 0 fully saturated rings. The fourth-order valence-electron chi connectivity index (χ4n) is 1.05. The quantitative estimate of drug-likeness (QED) is 0.654. The molecule has 5 nitrogen and oxygen atoms in total. The zero-order valence-corrected chi connectivity index (χ0v) is 9.11. The van der Waals surface area contributed by atoms with E-state index in [0.717, 1.165) is 12.1 Å². The van der Waals surface area contributed by atoms with E-state index in [1.165, 1.54) is 12.1 Å². The zero-order valence-electron chi connectivity index (χ0n) is 8.30. The summed E-state index contributed by atoms with van der Waals surface area (Å²) in [7, 11) is -3.92. The molecule has 0 heterocycles. The van der Waals surface area contributed by atoms with Crippen LogP contribution >= 0.6 is 0 Å². The van der Waals surface area contributed by atoms with Crippen LogP contribution in [-0.4, -0.2) is 37.9 Å². The number of aliphatic hydroxyl groups is 2. The van der Waals surface area contributed by atoms with Crippen molar-refractivity contribution in [1.82, 2.24) is 4.72 Å². The Bertz CT molecular complexity index is 445. The number of rotatable bonds is 5. The monoisotopic (exact) mass is 249 g/mol. The van der Waals surface area contributed by atoms with Crippen molar-refractivity contribution in [3.63, 3.8) is 0 Å². The van der Waals surface area contributed by atoms with Crippen LogP contribution in [0.25, 0.3) is 0 Å². The Kier molecular flexibility index (Phi) is 4.36. The molecule has 7 heteroatoms. The summed E-state index contributed by atoms with van der Waals surface area (Å²) < 4.78 is 38.1. The van der Waals surface area contributed by atoms with Crippen molar-refractivity contribution >= 4 is 10.0 Å². The van der Waals surface area contributed by atoms with Gasteiger partial charge in [0.25, 0.3) is 0 Å². The third-order valence-corrected chi connectivity index (χ3v) is 3.39. The fraction of sp³-hybridized carbons (Fsp3) is 0.333. The maximum atomic E-state index is 12.8. The second-order valence-electron chi connectivity index (χ2n) is 3.14. The van der Waals surface area contributed by atoms with Gasteiger partial charge < -0.3 is 10.2 Å². The van der Waals surface area contributed by atoms with Gasteiger partial charge in [-0.25, -0.2) is 17.5 Å². The van der Waals surface area contributed by atoms with Crippen LogP contribution in [0.2, 0.25) is 0 Å². The second-order valence-corrected chi connectivity index (χ2v) is 4.85. The molecule has 0 saturated heterocycles. The lowest BCUT2D eigenvalue weighted by atomic mass is 10.4. The Hall–Kier alpha value is -1.02. The molecule has 0 atom stereocenters. The van der Waals surface area contributed by atoms with Crippen molar-refractivity contribution in [2.75, 3.05) is 13.2 Å². The SMILES string of the molecule is O=S(=O)(NC(CO)CO)c1cccc(F)c1. The molecule has 1 aromatic carbocycles. The van der Waals surface area contributed by atoms with Crippen molar-refractivity contribution < 1.29 is 23.0 Å². The van der Waals surface area contributed by atoms with E-state index >= 15 is 0 Å². The van der Waals surface area contributed by atoms with Crippen molar-refractivity contribution in [1.29, 1.82) is 0 Å². The first-order valence-corrected chi connectivity index (χ1v) is 5.97. The normalized spacial score (nSPS) is 12.0. The minimum atomic E-state index is -3.92. The highest BCUT2D eigenvalue weighted by Gasteiger charge is 2.19. The molecule has 1 aromatic rings. The Morgan fingerprint density at radius 2 is 1.94 bits per heavy atom. The van der Waals surface area contributed by atoms with E-state index in [1.807, 2.05) is 4.72 Å². The van der Waals surface area contributed by atoms with E-state index in [2.05, 4.69) is 0 Å². The summed E-state index contributed by atoms with van der Waals surface area (Å²) >= 11 is 0. The Labute approximate surface area is 92.6 Å². The molecular formula is C9H12FNO4S. The van der Waals surface area contributed by atoms with Gasteiger partial charge in [-0.3, -0.25) is 0 Å². The van der Waals surface area contributed by atoms with Crippen LogP contribution in [0.15, 0.2) is 29.2 Å². The van der Waals surface area contributed by atoms with Crippen molar-refractivity contribution in [2.24, 2.45) is 0 Å². The largest absolute Gasteiger partial charge is 0.395 e. The predicted octanol–water partition coefficient (Wildman–Crippen LogP) is -0.543. The van der Waals surface area contributed by atoms with Gasteiger partial charge in [0.15, 0.2) is 0 Å². The molecule has 0 bridgehead atoms. The third kappa shape index (κ3) is 3.24. The molecule has 0 amide bonds. The van der Waals surface area contributed by atoms with Gasteiger partial charge in [0.2, 0.25) is 10.0 Å². The molecule has 3 N–H and O–H groups in total. The molecule has 90 valence electrons. The molecule has 16 heavy (non-hydrogen) atoms. The minimum Gasteiger partial charge on any atom is -0.395 e. The number of benzene rings is 1. The van der Waals surface area contributed by atoms with E-state index < -0.39 is 35.1 Å². The van der Waals surface area contributed by atoms with Crippen LogP contribution in [0.3, 0.4) is 0 Å². The van der Waals surface area contributed by atoms with Gasteiger partial charge >= 0.3 is 0 Å². The third-order valence-electron chi connectivity index (χ3n) is 1.87. The van der Waals surface area contributed by atoms with Crippen molar-refractivity contribution in [3.8, 4) is 0 Å². The van der Waals surface area contributed by atoms with Crippen LogP contribution in [0.1, 0.15) is 0 Å². The summed E-state index contributed by atoms with van der Waals surface area (Å²) in [6.45, 7) is -1.07. The second kappa shape index (κ2) is 5.35. The van der Waals surface area contributed by atoms with Crippen LogP contribution in [0.5, 0.6) is 0 Å². The van der Waals surface area contributed by atoms with E-state index in [9.17, 15) is 12.8 Å². The van der Waals surface area contributed by atoms with Crippen LogP contribution in [0, 0.1) is 5.82 Å². The number of hydrogen-bond donors (Lipinski definition) is 3. The molecule has 0 unspecified atom stereocenters. The molecule has 0 aliphatic rings. The van der Waals surface area contributed by atoms with Gasteiger partial charge in [-0.1, -0.05) is 6.07 Å². The number of sulfonamides is 1. The average Bonchev–Trinajstić information content (AvgIpc) is 2.26. The number of halogens is 1. The topological polar surface area (TPSA) is 86.6 Å². The van der Waals surface area contributed by atoms with Crippen molar-refractivity contribution in [3.05, 3.63) is 30.1 Å². The molecule has 1 rings (SSSR count). The standard InChI is InChI=1S/C9H12FNO4S/c10-7-2-1-3-9(4-7)16(14,15)11-8(5-12)6-13/h1-4,8,11-13H,5-6H2. The number of nitrogens with one attached hydrogen (secondary N) is 1. The Balaban J connectivity index is 2.94. The van der Waals surface area contributed by atoms with Crippen LogP contribution < -0.4 is 4.72 Å². The number of aliphatic hydroxyl groups excluding tert-OH is 2. The first-order chi connectivity index (χ1) is 7.49. The van der Waals surface area contributed by atoms with E-state index in [0.29, 0.717) is 0 Å². The van der Waals surface area contributed by atoms with Gasteiger partial charge in [0, 0.05) is 0 Å². The van der Waals surface area contributed by atoms with Gasteiger partial charge in [-0.05, 0) is 18.2 Å². The van der Waals surface area contributed by atoms with Gasteiger partial charge in [0.05, 0.1) is 24.2 Å². The van der Waals surface area contributed by atoms with Crippen molar-refractivity contribution in [2.45, 2.75) is 10.9 Å². The fourth-order valence-corrected chi connectivity index (χ4v) is 2.30. The highest BCUT2D eigenvalue weighted by Crippen LogP contribution is 2.10.